The van der Waals surface area contributed by atoms with E-state index in [2.05, 4.69) is 4.74 Å². The molecule has 1 aliphatic heterocycles. The van der Waals surface area contributed by atoms with Crippen LogP contribution in [0.5, 0.6) is 0 Å². The van der Waals surface area contributed by atoms with Crippen LogP contribution in [0.2, 0.25) is 0 Å². The first-order chi connectivity index (χ1) is 5.69. The molecule has 12 heavy (non-hydrogen) atoms. The maximum atomic E-state index is 10.9. The Morgan fingerprint density at radius 1 is 1.58 bits per heavy atom. The van der Waals surface area contributed by atoms with Gasteiger partial charge < -0.3 is 14.2 Å². The van der Waals surface area contributed by atoms with Gasteiger partial charge in [-0.15, -0.1) is 0 Å². The highest BCUT2D eigenvalue weighted by Crippen LogP contribution is 2.27. The molecule has 1 rings (SSSR count). The van der Waals surface area contributed by atoms with Crippen molar-refractivity contribution in [1.82, 2.24) is 0 Å². The van der Waals surface area contributed by atoms with Crippen LogP contribution < -0.4 is 0 Å². The second-order valence-electron chi connectivity index (χ2n) is 2.86. The van der Waals surface area contributed by atoms with Crippen LogP contribution in [0.25, 0.3) is 0 Å². The van der Waals surface area contributed by atoms with Gasteiger partial charge in [-0.2, -0.15) is 0 Å². The van der Waals surface area contributed by atoms with Crippen LogP contribution in [-0.4, -0.2) is 38.5 Å². The summed E-state index contributed by atoms with van der Waals surface area (Å²) in [5, 5.41) is 0. The maximum Gasteiger partial charge on any atom is 0.308 e. The normalized spacial score (nSPS) is 29.6. The minimum atomic E-state index is -0.260. The maximum absolute atomic E-state index is 10.9. The Morgan fingerprint density at radius 2 is 2.17 bits per heavy atom. The molecule has 1 aliphatic rings. The summed E-state index contributed by atoms with van der Waals surface area (Å²) in [6, 6.07) is 0. The van der Waals surface area contributed by atoms with Gasteiger partial charge in [0, 0.05) is 7.11 Å². The van der Waals surface area contributed by atoms with E-state index in [-0.39, 0.29) is 30.7 Å². The summed E-state index contributed by atoms with van der Waals surface area (Å²) in [4.78, 5) is 10.9. The van der Waals surface area contributed by atoms with Crippen LogP contribution in [0.15, 0.2) is 0 Å². The topological polar surface area (TPSA) is 48.1 Å². The van der Waals surface area contributed by atoms with Gasteiger partial charge in [0.25, 0.3) is 0 Å². The van der Waals surface area contributed by atoms with E-state index in [9.17, 15) is 4.79 Å². The molecule has 0 spiro atoms. The zero-order chi connectivity index (χ0) is 9.14. The molecule has 4 heteroatoms. The molecule has 1 fully saturated rings. The number of hydrogen-bond acceptors (Lipinski definition) is 4. The lowest BCUT2D eigenvalue weighted by Gasteiger charge is -2.10. The fourth-order valence-electron chi connectivity index (χ4n) is 1.17. The molecule has 1 heterocycles. The smallest absolute Gasteiger partial charge is 0.308 e. The second-order valence-corrected chi connectivity index (χ2v) is 2.86. The minimum Gasteiger partial charge on any atom is -0.469 e. The Hall–Kier alpha value is -0.610. The molecule has 0 aromatic rings. The number of carbonyl (C=O) groups is 1. The average molecular weight is 174 g/mol. The molecule has 4 nitrogen and oxygen atoms in total. The highest BCUT2D eigenvalue weighted by Gasteiger charge is 2.42. The highest BCUT2D eigenvalue weighted by atomic mass is 16.6. The first-order valence-corrected chi connectivity index (χ1v) is 3.94. The Balaban J connectivity index is 2.31. The summed E-state index contributed by atoms with van der Waals surface area (Å²) >= 11 is 0. The predicted molar refractivity (Wildman–Crippen MR) is 41.8 cm³/mol. The lowest BCUT2D eigenvalue weighted by molar-refractivity contribution is -0.143. The summed E-state index contributed by atoms with van der Waals surface area (Å²) < 4.78 is 14.8. The van der Waals surface area contributed by atoms with Crippen molar-refractivity contribution < 1.29 is 19.0 Å². The van der Waals surface area contributed by atoms with E-state index < -0.39 is 0 Å². The van der Waals surface area contributed by atoms with Crippen LogP contribution in [0, 0.1) is 0 Å². The van der Waals surface area contributed by atoms with E-state index in [0.717, 1.165) is 0 Å². The zero-order valence-electron chi connectivity index (χ0n) is 7.57. The summed E-state index contributed by atoms with van der Waals surface area (Å²) in [5.74, 6) is -0.260. The third-order valence-corrected chi connectivity index (χ3v) is 2.02. The molecule has 0 aromatic carbocycles. The van der Waals surface area contributed by atoms with Gasteiger partial charge in [-0.1, -0.05) is 0 Å². The lowest BCUT2D eigenvalue weighted by atomic mass is 10.1. The molecule has 0 aromatic heterocycles. The van der Waals surface area contributed by atoms with Gasteiger partial charge >= 0.3 is 5.97 Å². The third kappa shape index (κ3) is 2.19. The van der Waals surface area contributed by atoms with Crippen molar-refractivity contribution >= 4 is 5.97 Å². The van der Waals surface area contributed by atoms with Crippen molar-refractivity contribution in [3.8, 4) is 0 Å². The Kier molecular flexibility index (Phi) is 3.05. The summed E-state index contributed by atoms with van der Waals surface area (Å²) in [6.45, 7) is 1.95. The van der Waals surface area contributed by atoms with Crippen molar-refractivity contribution in [3.63, 3.8) is 0 Å². The molecule has 0 radical (unpaired) electrons. The van der Waals surface area contributed by atoms with Gasteiger partial charge in [0.05, 0.1) is 25.7 Å². The van der Waals surface area contributed by atoms with Gasteiger partial charge in [0.2, 0.25) is 0 Å². The van der Waals surface area contributed by atoms with E-state index in [1.165, 1.54) is 7.11 Å². The molecular weight excluding hydrogens is 160 g/mol. The monoisotopic (exact) mass is 174 g/mol. The number of rotatable bonds is 4. The largest absolute Gasteiger partial charge is 0.469 e. The molecule has 1 saturated heterocycles. The van der Waals surface area contributed by atoms with Crippen LogP contribution in [0.3, 0.4) is 0 Å². The fourth-order valence-corrected chi connectivity index (χ4v) is 1.17. The number of hydrogen-bond donors (Lipinski definition) is 0. The number of ether oxygens (including phenoxy) is 3. The predicted octanol–water partition coefficient (Wildman–Crippen LogP) is 0.352. The first-order valence-electron chi connectivity index (χ1n) is 3.94. The summed E-state index contributed by atoms with van der Waals surface area (Å²) in [6.07, 6.45) is 0.378. The average Bonchev–Trinajstić information content (AvgIpc) is 2.77. The van der Waals surface area contributed by atoms with Crippen molar-refractivity contribution in [2.24, 2.45) is 0 Å². The van der Waals surface area contributed by atoms with Gasteiger partial charge in [-0.3, -0.25) is 4.79 Å². The summed E-state index contributed by atoms with van der Waals surface area (Å²) in [7, 11) is 2.94. The van der Waals surface area contributed by atoms with E-state index in [1.807, 2.05) is 6.92 Å². The summed E-state index contributed by atoms with van der Waals surface area (Å²) in [5.41, 5.74) is 0. The SMILES string of the molecule is COC(=O)CC(OC)C1OC1C. The molecule has 3 atom stereocenters. The number of methoxy groups -OCH3 is 2. The van der Waals surface area contributed by atoms with E-state index in [4.69, 9.17) is 9.47 Å². The quantitative estimate of drug-likeness (QED) is 0.456. The first kappa shape index (κ1) is 9.48. The Labute approximate surface area is 71.8 Å². The van der Waals surface area contributed by atoms with Crippen molar-refractivity contribution in [2.75, 3.05) is 14.2 Å². The van der Waals surface area contributed by atoms with Crippen LogP contribution in [0.1, 0.15) is 13.3 Å². The second kappa shape index (κ2) is 3.87. The van der Waals surface area contributed by atoms with E-state index in [0.29, 0.717) is 0 Å². The van der Waals surface area contributed by atoms with Crippen LogP contribution in [-0.2, 0) is 19.0 Å². The fraction of sp³-hybridized carbons (Fsp3) is 0.875. The van der Waals surface area contributed by atoms with Gasteiger partial charge in [0.15, 0.2) is 0 Å². The molecule has 0 bridgehead atoms. The molecule has 3 unspecified atom stereocenters. The number of carbonyl (C=O) groups excluding carboxylic acids is 1. The van der Waals surface area contributed by atoms with Gasteiger partial charge in [-0.25, -0.2) is 0 Å². The molecule has 0 saturated carbocycles. The van der Waals surface area contributed by atoms with Crippen molar-refractivity contribution in [1.29, 1.82) is 0 Å². The highest BCUT2D eigenvalue weighted by molar-refractivity contribution is 5.69. The molecule has 0 amide bonds. The number of esters is 1. The Morgan fingerprint density at radius 3 is 2.50 bits per heavy atom. The van der Waals surface area contributed by atoms with Crippen molar-refractivity contribution in [3.05, 3.63) is 0 Å². The zero-order valence-corrected chi connectivity index (χ0v) is 7.57. The van der Waals surface area contributed by atoms with Gasteiger partial charge in [-0.05, 0) is 6.92 Å². The van der Waals surface area contributed by atoms with Gasteiger partial charge in [0.1, 0.15) is 6.10 Å². The molecule has 0 aliphatic carbocycles. The number of epoxide rings is 1. The van der Waals surface area contributed by atoms with Crippen LogP contribution >= 0.6 is 0 Å². The third-order valence-electron chi connectivity index (χ3n) is 2.02. The standard InChI is InChI=1S/C8H14O4/c1-5-8(12-5)6(10-2)4-7(9)11-3/h5-6,8H,4H2,1-3H3. The molecule has 0 N–H and O–H groups in total. The molecule has 70 valence electrons. The van der Waals surface area contributed by atoms with Crippen molar-refractivity contribution in [2.45, 2.75) is 31.7 Å². The van der Waals surface area contributed by atoms with E-state index in [1.54, 1.807) is 7.11 Å². The minimum absolute atomic E-state index is 0.0640. The van der Waals surface area contributed by atoms with Crippen LogP contribution in [0.4, 0.5) is 0 Å². The van der Waals surface area contributed by atoms with E-state index >= 15 is 0 Å². The Bertz CT molecular complexity index is 168. The lowest BCUT2D eigenvalue weighted by Crippen LogP contribution is -2.23. The molecular formula is C8H14O4.